The van der Waals surface area contributed by atoms with Gasteiger partial charge in [0.1, 0.15) is 11.8 Å². The van der Waals surface area contributed by atoms with Crippen LogP contribution in [-0.4, -0.2) is 32.4 Å². The Labute approximate surface area is 201 Å². The highest BCUT2D eigenvalue weighted by molar-refractivity contribution is 7.89. The van der Waals surface area contributed by atoms with E-state index in [9.17, 15) is 23.3 Å². The van der Waals surface area contributed by atoms with Crippen LogP contribution in [0.25, 0.3) is 0 Å². The van der Waals surface area contributed by atoms with E-state index in [0.717, 1.165) is 0 Å². The smallest absolute Gasteiger partial charge is 0.274 e. The molecule has 3 aromatic carbocycles. The molecule has 1 atom stereocenters. The third kappa shape index (κ3) is 5.90. The van der Waals surface area contributed by atoms with Crippen LogP contribution in [-0.2, 0) is 21.2 Å². The Bertz CT molecular complexity index is 1320. The molecule has 1 amide bonds. The zero-order valence-corrected chi connectivity index (χ0v) is 19.9. The Kier molecular flexibility index (Phi) is 7.87. The van der Waals surface area contributed by atoms with Gasteiger partial charge < -0.3 is 10.1 Å². The van der Waals surface area contributed by atoms with E-state index in [1.807, 2.05) is 0 Å². The van der Waals surface area contributed by atoms with Crippen LogP contribution in [0.15, 0.2) is 71.6 Å². The van der Waals surface area contributed by atoms with Crippen molar-refractivity contribution in [3.8, 4) is 5.75 Å². The Morgan fingerprint density at radius 3 is 2.44 bits per heavy atom. The molecule has 0 saturated carbocycles. The summed E-state index contributed by atoms with van der Waals surface area (Å²) in [5.41, 5.74) is 1.02. The average Bonchev–Trinajstić information content (AvgIpc) is 2.80. The molecule has 11 heteroatoms. The highest BCUT2D eigenvalue weighted by atomic mass is 35.5. The maximum Gasteiger partial charge on any atom is 0.274 e. The number of nitro groups is 1. The number of nitro benzene ring substituents is 1. The van der Waals surface area contributed by atoms with Gasteiger partial charge in [-0.15, -0.1) is 0 Å². The molecule has 0 saturated heterocycles. The normalized spacial score (nSPS) is 12.1. The molecule has 0 spiro atoms. The summed E-state index contributed by atoms with van der Waals surface area (Å²) in [6.07, 6.45) is 0.0454. The molecule has 9 nitrogen and oxygen atoms in total. The van der Waals surface area contributed by atoms with E-state index < -0.39 is 26.9 Å². The van der Waals surface area contributed by atoms with Crippen LogP contribution in [0.4, 0.5) is 11.4 Å². The fraction of sp³-hybridized carbons (Fsp3) is 0.174. The molecule has 0 aromatic heterocycles. The zero-order valence-electron chi connectivity index (χ0n) is 18.3. The number of nitrogens with zero attached hydrogens (tertiary/aromatic N) is 1. The maximum atomic E-state index is 13.2. The topological polar surface area (TPSA) is 128 Å². The number of halogens is 1. The van der Waals surface area contributed by atoms with Crippen molar-refractivity contribution in [2.24, 2.45) is 0 Å². The molecule has 2 N–H and O–H groups in total. The van der Waals surface area contributed by atoms with Gasteiger partial charge in [0.25, 0.3) is 5.69 Å². The quantitative estimate of drug-likeness (QED) is 0.334. The first-order chi connectivity index (χ1) is 16.1. The van der Waals surface area contributed by atoms with E-state index >= 15 is 0 Å². The van der Waals surface area contributed by atoms with Crippen LogP contribution in [0.2, 0.25) is 5.02 Å². The number of ether oxygens (including phenoxy) is 1. The van der Waals surface area contributed by atoms with Crippen molar-refractivity contribution in [2.45, 2.75) is 24.3 Å². The van der Waals surface area contributed by atoms with Crippen molar-refractivity contribution in [3.05, 3.63) is 93.0 Å². The molecule has 0 heterocycles. The predicted molar refractivity (Wildman–Crippen MR) is 129 cm³/mol. The summed E-state index contributed by atoms with van der Waals surface area (Å²) in [5.74, 6) is -0.365. The van der Waals surface area contributed by atoms with E-state index in [4.69, 9.17) is 16.3 Å². The van der Waals surface area contributed by atoms with Gasteiger partial charge in [-0.05, 0) is 43.2 Å². The molecule has 3 rings (SSSR count). The number of rotatable bonds is 9. The third-order valence-corrected chi connectivity index (χ3v) is 6.85. The minimum absolute atomic E-state index is 0.0454. The second-order valence-electron chi connectivity index (χ2n) is 7.36. The number of methoxy groups -OCH3 is 1. The van der Waals surface area contributed by atoms with Crippen molar-refractivity contribution in [3.63, 3.8) is 0 Å². The molecule has 0 aliphatic rings. The summed E-state index contributed by atoms with van der Waals surface area (Å²) in [5, 5.41) is 13.9. The summed E-state index contributed by atoms with van der Waals surface area (Å²) < 4.78 is 33.6. The molecular formula is C23H22ClN3O6S. The Morgan fingerprint density at radius 2 is 1.82 bits per heavy atom. The highest BCUT2D eigenvalue weighted by Gasteiger charge is 2.28. The van der Waals surface area contributed by atoms with Crippen molar-refractivity contribution in [1.82, 2.24) is 4.72 Å². The van der Waals surface area contributed by atoms with Gasteiger partial charge in [0.2, 0.25) is 15.9 Å². The number of anilines is 1. The Hall–Kier alpha value is -3.47. The lowest BCUT2D eigenvalue weighted by Gasteiger charge is -2.20. The summed E-state index contributed by atoms with van der Waals surface area (Å²) in [4.78, 5) is 23.7. The predicted octanol–water partition coefficient (Wildman–Crippen LogP) is 4.09. The van der Waals surface area contributed by atoms with Gasteiger partial charge >= 0.3 is 0 Å². The van der Waals surface area contributed by atoms with Gasteiger partial charge in [-0.2, -0.15) is 4.72 Å². The van der Waals surface area contributed by atoms with Crippen LogP contribution in [0.3, 0.4) is 0 Å². The number of carbonyl (C=O) groups excluding carboxylic acids is 1. The SMILES string of the molecule is COc1ccc(S(=O)(=O)N[C@H](Cc2ccccc2)C(=O)Nc2cccc([N+](=O)[O-])c2C)cc1Cl. The lowest BCUT2D eigenvalue weighted by atomic mass is 10.1. The Morgan fingerprint density at radius 1 is 1.12 bits per heavy atom. The second-order valence-corrected chi connectivity index (χ2v) is 9.48. The summed E-state index contributed by atoms with van der Waals surface area (Å²) in [7, 11) is -2.75. The molecule has 0 unspecified atom stereocenters. The van der Waals surface area contributed by atoms with Gasteiger partial charge in [-0.1, -0.05) is 48.0 Å². The van der Waals surface area contributed by atoms with Crippen LogP contribution >= 0.6 is 11.6 Å². The number of carbonyl (C=O) groups is 1. The largest absolute Gasteiger partial charge is 0.495 e. The van der Waals surface area contributed by atoms with Gasteiger partial charge in [-0.25, -0.2) is 8.42 Å². The maximum absolute atomic E-state index is 13.2. The minimum Gasteiger partial charge on any atom is -0.495 e. The van der Waals surface area contributed by atoms with Gasteiger partial charge in [0.05, 0.1) is 33.2 Å². The van der Waals surface area contributed by atoms with Gasteiger partial charge in [0.15, 0.2) is 0 Å². The number of benzene rings is 3. The molecule has 0 fully saturated rings. The molecule has 0 aliphatic carbocycles. The number of hydrogen-bond donors (Lipinski definition) is 2. The first kappa shape index (κ1) is 25.2. The summed E-state index contributed by atoms with van der Waals surface area (Å²) in [6.45, 7) is 1.50. The van der Waals surface area contributed by atoms with Crippen LogP contribution in [0.1, 0.15) is 11.1 Å². The van der Waals surface area contributed by atoms with E-state index in [1.165, 1.54) is 50.4 Å². The first-order valence-corrected chi connectivity index (χ1v) is 11.9. The molecule has 0 bridgehead atoms. The number of amides is 1. The monoisotopic (exact) mass is 503 g/mol. The standard InChI is InChI=1S/C23H22ClN3O6S/c1-15-19(9-6-10-21(15)27(29)30)25-23(28)20(13-16-7-4-3-5-8-16)26-34(31,32)17-11-12-22(33-2)18(24)14-17/h3-12,14,20,26H,13H2,1-2H3,(H,25,28)/t20-/m1/s1. The lowest BCUT2D eigenvalue weighted by Crippen LogP contribution is -2.45. The van der Waals surface area contributed by atoms with E-state index in [2.05, 4.69) is 10.0 Å². The van der Waals surface area contributed by atoms with Crippen molar-refractivity contribution in [2.75, 3.05) is 12.4 Å². The van der Waals surface area contributed by atoms with Crippen molar-refractivity contribution < 1.29 is 22.9 Å². The lowest BCUT2D eigenvalue weighted by molar-refractivity contribution is -0.385. The minimum atomic E-state index is -4.16. The van der Waals surface area contributed by atoms with E-state index in [1.54, 1.807) is 30.3 Å². The third-order valence-electron chi connectivity index (χ3n) is 5.09. The fourth-order valence-electron chi connectivity index (χ4n) is 3.28. The number of hydrogen-bond acceptors (Lipinski definition) is 6. The van der Waals surface area contributed by atoms with E-state index in [-0.39, 0.29) is 33.3 Å². The van der Waals surface area contributed by atoms with Crippen molar-refractivity contribution >= 4 is 38.9 Å². The van der Waals surface area contributed by atoms with Crippen LogP contribution in [0.5, 0.6) is 5.75 Å². The summed E-state index contributed by atoms with van der Waals surface area (Å²) in [6, 6.07) is 15.9. The van der Waals surface area contributed by atoms with Gasteiger partial charge in [-0.3, -0.25) is 14.9 Å². The highest BCUT2D eigenvalue weighted by Crippen LogP contribution is 2.28. The zero-order chi connectivity index (χ0) is 24.9. The molecule has 3 aromatic rings. The Balaban J connectivity index is 1.92. The van der Waals surface area contributed by atoms with Crippen LogP contribution < -0.4 is 14.8 Å². The summed E-state index contributed by atoms with van der Waals surface area (Å²) >= 11 is 6.08. The molecule has 0 radical (unpaired) electrons. The van der Waals surface area contributed by atoms with Crippen molar-refractivity contribution in [1.29, 1.82) is 0 Å². The first-order valence-electron chi connectivity index (χ1n) is 10.1. The second kappa shape index (κ2) is 10.6. The molecule has 34 heavy (non-hydrogen) atoms. The number of nitrogens with one attached hydrogen (secondary N) is 2. The number of sulfonamides is 1. The van der Waals surface area contributed by atoms with E-state index in [0.29, 0.717) is 11.3 Å². The molecule has 178 valence electrons. The van der Waals surface area contributed by atoms with Gasteiger partial charge in [0, 0.05) is 6.07 Å². The van der Waals surface area contributed by atoms with Crippen LogP contribution in [0, 0.1) is 17.0 Å². The molecular weight excluding hydrogens is 482 g/mol. The average molecular weight is 504 g/mol. The fourth-order valence-corrected chi connectivity index (χ4v) is 4.83. The molecule has 0 aliphatic heterocycles.